The van der Waals surface area contributed by atoms with E-state index in [2.05, 4.69) is 37.0 Å². The summed E-state index contributed by atoms with van der Waals surface area (Å²) in [5.41, 5.74) is 0.654. The van der Waals surface area contributed by atoms with E-state index in [-0.39, 0.29) is 5.56 Å². The van der Waals surface area contributed by atoms with Crippen LogP contribution in [0.5, 0.6) is 5.75 Å². The molecule has 1 rings (SSSR count). The molecule has 0 radical (unpaired) electrons. The highest BCUT2D eigenvalue weighted by molar-refractivity contribution is 9.11. The molecule has 0 aliphatic heterocycles. The number of alkyl halides is 7. The predicted octanol–water partition coefficient (Wildman–Crippen LogP) is 4.93. The van der Waals surface area contributed by atoms with Crippen LogP contribution < -0.4 is 10.2 Å². The highest BCUT2D eigenvalue weighted by Gasteiger charge is 2.73. The lowest BCUT2D eigenvalue weighted by atomic mass is 10.2. The van der Waals surface area contributed by atoms with Gasteiger partial charge in [-0.1, -0.05) is 0 Å². The Kier molecular flexibility index (Phi) is 5.94. The van der Waals surface area contributed by atoms with Crippen molar-refractivity contribution < 1.29 is 35.5 Å². The molecule has 3 nitrogen and oxygen atoms in total. The van der Waals surface area contributed by atoms with Crippen LogP contribution in [0.15, 0.2) is 26.2 Å². The summed E-state index contributed by atoms with van der Waals surface area (Å²) in [5.74, 6) is -5.91. The van der Waals surface area contributed by atoms with Gasteiger partial charge in [0.2, 0.25) is 0 Å². The van der Waals surface area contributed by atoms with Crippen LogP contribution in [-0.2, 0) is 0 Å². The van der Waals surface area contributed by atoms with Crippen molar-refractivity contribution in [3.63, 3.8) is 0 Å². The Bertz CT molecular complexity index is 582. The maximum absolute atomic E-state index is 12.9. The summed E-state index contributed by atoms with van der Waals surface area (Å²) in [6, 6.07) is -2.95. The molecule has 0 saturated carbocycles. The monoisotopic (exact) mass is 474 g/mol. The van der Waals surface area contributed by atoms with Gasteiger partial charge in [-0.2, -0.15) is 35.8 Å². The second-order valence-corrected chi connectivity index (χ2v) is 5.74. The molecule has 1 aromatic rings. The number of hydrazone groups is 1. The van der Waals surface area contributed by atoms with Crippen LogP contribution in [0.4, 0.5) is 30.7 Å². The minimum atomic E-state index is -6.43. The van der Waals surface area contributed by atoms with Crippen LogP contribution in [0, 0.1) is 0 Å². The molecule has 23 heavy (non-hydrogen) atoms. The first-order chi connectivity index (χ1) is 10.3. The molecular formula is C11H7Br2F7N2O. The molecular weight excluding hydrogens is 469 g/mol. The van der Waals surface area contributed by atoms with Gasteiger partial charge in [-0.3, -0.25) is 0 Å². The standard InChI is InChI=1S/C11H7Br2F7N2O/c1-23-8-6(12)2-5(3-7(8)13)4-21-22-11(19,20)9(14,15)10(16,17)18/h2-4,22H,1H3/b21-4+. The molecule has 0 heterocycles. The van der Waals surface area contributed by atoms with Crippen molar-refractivity contribution in [3.05, 3.63) is 26.6 Å². The molecule has 0 bridgehead atoms. The maximum atomic E-state index is 12.9. The van der Waals surface area contributed by atoms with Crippen molar-refractivity contribution >= 4 is 38.1 Å². The van der Waals surface area contributed by atoms with Crippen molar-refractivity contribution in [1.29, 1.82) is 0 Å². The maximum Gasteiger partial charge on any atom is 0.462 e. The molecule has 0 spiro atoms. The van der Waals surface area contributed by atoms with Crippen LogP contribution >= 0.6 is 31.9 Å². The zero-order valence-corrected chi connectivity index (χ0v) is 14.2. The number of nitrogens with zero attached hydrogens (tertiary/aromatic N) is 1. The van der Waals surface area contributed by atoms with E-state index in [0.29, 0.717) is 26.3 Å². The van der Waals surface area contributed by atoms with Gasteiger partial charge in [0, 0.05) is 0 Å². The molecule has 1 aromatic carbocycles. The lowest BCUT2D eigenvalue weighted by Crippen LogP contribution is -2.58. The lowest BCUT2D eigenvalue weighted by molar-refractivity contribution is -0.361. The van der Waals surface area contributed by atoms with E-state index in [1.165, 1.54) is 19.2 Å². The summed E-state index contributed by atoms with van der Waals surface area (Å²) in [4.78, 5) is 0. The van der Waals surface area contributed by atoms with E-state index >= 15 is 0 Å². The first-order valence-corrected chi connectivity index (χ1v) is 7.07. The van der Waals surface area contributed by atoms with Gasteiger partial charge in [-0.05, 0) is 49.6 Å². The Balaban J connectivity index is 2.96. The smallest absolute Gasteiger partial charge is 0.462 e. The van der Waals surface area contributed by atoms with Crippen molar-refractivity contribution in [2.24, 2.45) is 5.10 Å². The van der Waals surface area contributed by atoms with Gasteiger partial charge in [0.1, 0.15) is 5.75 Å². The Labute approximate surface area is 142 Å². The number of halogens is 9. The highest BCUT2D eigenvalue weighted by Crippen LogP contribution is 2.45. The highest BCUT2D eigenvalue weighted by atomic mass is 79.9. The number of benzene rings is 1. The van der Waals surface area contributed by atoms with Crippen LogP contribution in [0.3, 0.4) is 0 Å². The largest absolute Gasteiger partial charge is 0.494 e. The normalized spacial score (nSPS) is 13.5. The van der Waals surface area contributed by atoms with Crippen molar-refractivity contribution in [2.45, 2.75) is 18.1 Å². The summed E-state index contributed by atoms with van der Waals surface area (Å²) in [6.07, 6.45) is -5.78. The second-order valence-electron chi connectivity index (χ2n) is 4.03. The molecule has 0 saturated heterocycles. The van der Waals surface area contributed by atoms with Crippen molar-refractivity contribution in [1.82, 2.24) is 5.43 Å². The van der Waals surface area contributed by atoms with Gasteiger partial charge >= 0.3 is 18.1 Å². The van der Waals surface area contributed by atoms with Gasteiger partial charge in [-0.25, -0.2) is 5.43 Å². The average molecular weight is 476 g/mol. The quantitative estimate of drug-likeness (QED) is 0.283. The van der Waals surface area contributed by atoms with E-state index in [0.717, 1.165) is 0 Å². The summed E-state index contributed by atoms with van der Waals surface area (Å²) < 4.78 is 92.6. The summed E-state index contributed by atoms with van der Waals surface area (Å²) in [5, 5.41) is 2.74. The van der Waals surface area contributed by atoms with E-state index in [1.807, 2.05) is 0 Å². The molecule has 0 atom stereocenters. The van der Waals surface area contributed by atoms with Gasteiger partial charge in [0.15, 0.2) is 0 Å². The molecule has 0 aliphatic rings. The van der Waals surface area contributed by atoms with E-state index < -0.39 is 18.1 Å². The summed E-state index contributed by atoms with van der Waals surface area (Å²) >= 11 is 6.19. The first-order valence-electron chi connectivity index (χ1n) is 5.49. The number of hydrogen-bond acceptors (Lipinski definition) is 3. The van der Waals surface area contributed by atoms with Gasteiger partial charge in [-0.15, -0.1) is 0 Å². The second kappa shape index (κ2) is 6.83. The SMILES string of the molecule is COc1c(Br)cc(/C=N/NC(F)(F)C(F)(F)C(F)(F)F)cc1Br. The fourth-order valence-corrected chi connectivity index (χ4v) is 2.83. The average Bonchev–Trinajstić information content (AvgIpc) is 2.36. The van der Waals surface area contributed by atoms with E-state index in [4.69, 9.17) is 4.74 Å². The molecule has 0 fully saturated rings. The predicted molar refractivity (Wildman–Crippen MR) is 75.1 cm³/mol. The third kappa shape index (κ3) is 4.28. The molecule has 12 heteroatoms. The molecule has 1 N–H and O–H groups in total. The number of rotatable bonds is 5. The molecule has 0 unspecified atom stereocenters. The van der Waals surface area contributed by atoms with E-state index in [9.17, 15) is 30.7 Å². The summed E-state index contributed by atoms with van der Waals surface area (Å²) in [7, 11) is 1.36. The Morgan fingerprint density at radius 2 is 1.52 bits per heavy atom. The Morgan fingerprint density at radius 1 is 1.04 bits per heavy atom. The lowest BCUT2D eigenvalue weighted by Gasteiger charge is -2.27. The van der Waals surface area contributed by atoms with Crippen LogP contribution in [0.25, 0.3) is 0 Å². The minimum absolute atomic E-state index is 0.128. The fraction of sp³-hybridized carbons (Fsp3) is 0.364. The first kappa shape index (κ1) is 20.0. The van der Waals surface area contributed by atoms with Crippen LogP contribution in [0.2, 0.25) is 0 Å². The van der Waals surface area contributed by atoms with E-state index in [1.54, 1.807) is 0 Å². The zero-order chi connectivity index (χ0) is 18.1. The number of methoxy groups -OCH3 is 1. The third-order valence-electron chi connectivity index (χ3n) is 2.39. The molecule has 0 aromatic heterocycles. The minimum Gasteiger partial charge on any atom is -0.494 e. The van der Waals surface area contributed by atoms with Crippen molar-refractivity contribution in [3.8, 4) is 5.75 Å². The fourth-order valence-electron chi connectivity index (χ4n) is 1.29. The van der Waals surface area contributed by atoms with Gasteiger partial charge in [0.25, 0.3) is 0 Å². The van der Waals surface area contributed by atoms with Crippen molar-refractivity contribution in [2.75, 3.05) is 7.11 Å². The number of ether oxygens (including phenoxy) is 1. The third-order valence-corrected chi connectivity index (χ3v) is 3.57. The topological polar surface area (TPSA) is 33.6 Å². The van der Waals surface area contributed by atoms with Gasteiger partial charge < -0.3 is 4.74 Å². The van der Waals surface area contributed by atoms with Crippen LogP contribution in [0.1, 0.15) is 5.56 Å². The molecule has 0 amide bonds. The zero-order valence-electron chi connectivity index (χ0n) is 11.0. The molecule has 130 valence electrons. The number of nitrogens with one attached hydrogen (secondary N) is 1. The Morgan fingerprint density at radius 3 is 1.91 bits per heavy atom. The van der Waals surface area contributed by atoms with Gasteiger partial charge in [0.05, 0.1) is 22.3 Å². The van der Waals surface area contributed by atoms with Crippen LogP contribution in [-0.4, -0.2) is 31.5 Å². The summed E-state index contributed by atoms with van der Waals surface area (Å²) in [6.45, 7) is 0. The number of hydrogen-bond donors (Lipinski definition) is 1. The molecule has 0 aliphatic carbocycles. The Hall–Kier alpha value is -1.04.